The van der Waals surface area contributed by atoms with Gasteiger partial charge in [-0.2, -0.15) is 11.8 Å². The summed E-state index contributed by atoms with van der Waals surface area (Å²) in [4.78, 5) is 11.3. The Bertz CT molecular complexity index is 180. The molecule has 0 fully saturated rings. The lowest BCUT2D eigenvalue weighted by Crippen LogP contribution is -2.33. The third kappa shape index (κ3) is 8.96. The Balaban J connectivity index is 3.35. The van der Waals surface area contributed by atoms with E-state index in [9.17, 15) is 4.79 Å². The Morgan fingerprint density at radius 1 is 1.31 bits per heavy atom. The molecular formula is C10H21NO4S. The zero-order chi connectivity index (χ0) is 12.2. The fourth-order valence-electron chi connectivity index (χ4n) is 0.915. The predicted molar refractivity (Wildman–Crippen MR) is 64.6 cm³/mol. The van der Waals surface area contributed by atoms with Crippen molar-refractivity contribution in [2.24, 2.45) is 5.73 Å². The third-order valence-electron chi connectivity index (χ3n) is 1.84. The molecule has 1 atom stereocenters. The summed E-state index contributed by atoms with van der Waals surface area (Å²) in [5.74, 6) is 0.505. The highest BCUT2D eigenvalue weighted by Crippen LogP contribution is 2.00. The van der Waals surface area contributed by atoms with Crippen LogP contribution in [0.2, 0.25) is 0 Å². The summed E-state index contributed by atoms with van der Waals surface area (Å²) in [6.45, 7) is 1.67. The van der Waals surface area contributed by atoms with Crippen molar-refractivity contribution in [2.45, 2.75) is 12.5 Å². The molecule has 0 spiro atoms. The number of esters is 1. The molecule has 96 valence electrons. The van der Waals surface area contributed by atoms with Crippen molar-refractivity contribution in [3.63, 3.8) is 0 Å². The first kappa shape index (κ1) is 15.7. The van der Waals surface area contributed by atoms with Gasteiger partial charge < -0.3 is 19.9 Å². The number of carbonyl (C=O) groups is 1. The van der Waals surface area contributed by atoms with Crippen molar-refractivity contribution >= 4 is 17.7 Å². The highest BCUT2D eigenvalue weighted by atomic mass is 32.2. The Morgan fingerprint density at radius 3 is 2.62 bits per heavy atom. The number of rotatable bonds is 10. The van der Waals surface area contributed by atoms with Crippen LogP contribution in [0.1, 0.15) is 6.42 Å². The van der Waals surface area contributed by atoms with Crippen LogP contribution >= 0.6 is 11.8 Å². The molecule has 0 radical (unpaired) electrons. The number of hydrogen-bond acceptors (Lipinski definition) is 6. The zero-order valence-electron chi connectivity index (χ0n) is 9.94. The maximum atomic E-state index is 11.3. The molecule has 0 heterocycles. The van der Waals surface area contributed by atoms with Gasteiger partial charge in [0.1, 0.15) is 12.6 Å². The second kappa shape index (κ2) is 11.2. The van der Waals surface area contributed by atoms with E-state index in [4.69, 9.17) is 19.9 Å². The molecule has 0 aromatic carbocycles. The van der Waals surface area contributed by atoms with Gasteiger partial charge in [0.2, 0.25) is 0 Å². The van der Waals surface area contributed by atoms with Crippen LogP contribution in [0.4, 0.5) is 0 Å². The van der Waals surface area contributed by atoms with Crippen LogP contribution in [0, 0.1) is 0 Å². The molecule has 0 unspecified atom stereocenters. The van der Waals surface area contributed by atoms with Crippen LogP contribution in [0.3, 0.4) is 0 Å². The molecule has 0 saturated carbocycles. The summed E-state index contributed by atoms with van der Waals surface area (Å²) < 4.78 is 14.9. The molecule has 0 aliphatic heterocycles. The van der Waals surface area contributed by atoms with Crippen molar-refractivity contribution in [2.75, 3.05) is 45.5 Å². The van der Waals surface area contributed by atoms with Gasteiger partial charge in [-0.3, -0.25) is 4.79 Å². The molecule has 16 heavy (non-hydrogen) atoms. The summed E-state index contributed by atoms with van der Waals surface area (Å²) in [6.07, 6.45) is 2.62. The Hall–Kier alpha value is -0.300. The number of methoxy groups -OCH3 is 1. The maximum Gasteiger partial charge on any atom is 0.323 e. The molecule has 0 amide bonds. The summed E-state index contributed by atoms with van der Waals surface area (Å²) in [5.41, 5.74) is 5.62. The topological polar surface area (TPSA) is 70.8 Å². The molecule has 0 saturated heterocycles. The van der Waals surface area contributed by atoms with Crippen molar-refractivity contribution in [3.8, 4) is 0 Å². The number of carbonyl (C=O) groups excluding carboxylic acids is 1. The van der Waals surface area contributed by atoms with Gasteiger partial charge in [-0.1, -0.05) is 0 Å². The Kier molecular flexibility index (Phi) is 11.0. The van der Waals surface area contributed by atoms with Crippen LogP contribution in [-0.4, -0.2) is 57.6 Å². The molecule has 6 heteroatoms. The third-order valence-corrected chi connectivity index (χ3v) is 2.48. The van der Waals surface area contributed by atoms with Gasteiger partial charge in [-0.05, 0) is 18.4 Å². The van der Waals surface area contributed by atoms with Gasteiger partial charge in [0.25, 0.3) is 0 Å². The molecule has 0 rings (SSSR count). The van der Waals surface area contributed by atoms with Crippen molar-refractivity contribution < 1.29 is 19.0 Å². The highest BCUT2D eigenvalue weighted by Gasteiger charge is 2.13. The molecule has 0 aliphatic carbocycles. The molecule has 0 bridgehead atoms. The number of hydrogen-bond donors (Lipinski definition) is 1. The standard InChI is InChI=1S/C10H21NO4S/c1-13-4-5-14-6-7-15-10(12)9(11)3-8-16-2/h9H,3-8,11H2,1-2H3/t9-/m1/s1. The Morgan fingerprint density at radius 2 is 2.00 bits per heavy atom. The van der Waals surface area contributed by atoms with E-state index in [1.165, 1.54) is 0 Å². The average molecular weight is 251 g/mol. The van der Waals surface area contributed by atoms with Crippen molar-refractivity contribution in [1.82, 2.24) is 0 Å². The highest BCUT2D eigenvalue weighted by molar-refractivity contribution is 7.98. The lowest BCUT2D eigenvalue weighted by molar-refractivity contribution is -0.146. The van der Waals surface area contributed by atoms with E-state index in [0.717, 1.165) is 5.75 Å². The van der Waals surface area contributed by atoms with Crippen LogP contribution in [0.25, 0.3) is 0 Å². The second-order valence-corrected chi connectivity index (χ2v) is 4.15. The van der Waals surface area contributed by atoms with E-state index >= 15 is 0 Å². The molecule has 0 aromatic rings. The smallest absolute Gasteiger partial charge is 0.323 e. The first-order valence-electron chi connectivity index (χ1n) is 5.20. The van der Waals surface area contributed by atoms with E-state index in [1.807, 2.05) is 6.26 Å². The van der Waals surface area contributed by atoms with Gasteiger partial charge in [0.05, 0.1) is 19.8 Å². The molecule has 0 aliphatic rings. The van der Waals surface area contributed by atoms with Gasteiger partial charge in [-0.15, -0.1) is 0 Å². The lowest BCUT2D eigenvalue weighted by atomic mass is 10.2. The van der Waals surface area contributed by atoms with Crippen LogP contribution in [0.5, 0.6) is 0 Å². The minimum Gasteiger partial charge on any atom is -0.462 e. The molecule has 0 aromatic heterocycles. The van der Waals surface area contributed by atoms with Gasteiger partial charge in [0, 0.05) is 7.11 Å². The van der Waals surface area contributed by atoms with Gasteiger partial charge in [0.15, 0.2) is 0 Å². The molecular weight excluding hydrogens is 230 g/mol. The second-order valence-electron chi connectivity index (χ2n) is 3.16. The summed E-state index contributed by atoms with van der Waals surface area (Å²) >= 11 is 1.66. The fraction of sp³-hybridized carbons (Fsp3) is 0.900. The molecule has 2 N–H and O–H groups in total. The van der Waals surface area contributed by atoms with Crippen molar-refractivity contribution in [1.29, 1.82) is 0 Å². The lowest BCUT2D eigenvalue weighted by Gasteiger charge is -2.10. The maximum absolute atomic E-state index is 11.3. The van der Waals surface area contributed by atoms with E-state index in [0.29, 0.717) is 26.2 Å². The average Bonchev–Trinajstić information content (AvgIpc) is 2.30. The number of nitrogens with two attached hydrogens (primary N) is 1. The fourth-order valence-corrected chi connectivity index (χ4v) is 1.40. The zero-order valence-corrected chi connectivity index (χ0v) is 10.8. The Labute approximate surface area is 101 Å². The summed E-state index contributed by atoms with van der Waals surface area (Å²) in [7, 11) is 1.61. The molecule has 5 nitrogen and oxygen atoms in total. The van der Waals surface area contributed by atoms with Crippen molar-refractivity contribution in [3.05, 3.63) is 0 Å². The van der Waals surface area contributed by atoms with Crippen LogP contribution in [-0.2, 0) is 19.0 Å². The monoisotopic (exact) mass is 251 g/mol. The van der Waals surface area contributed by atoms with Crippen LogP contribution in [0.15, 0.2) is 0 Å². The first-order chi connectivity index (χ1) is 7.72. The van der Waals surface area contributed by atoms with Gasteiger partial charge >= 0.3 is 5.97 Å². The quantitative estimate of drug-likeness (QED) is 0.444. The van der Waals surface area contributed by atoms with E-state index in [1.54, 1.807) is 18.9 Å². The minimum atomic E-state index is -0.522. The van der Waals surface area contributed by atoms with E-state index in [-0.39, 0.29) is 12.6 Å². The summed E-state index contributed by atoms with van der Waals surface area (Å²) in [5, 5.41) is 0. The summed E-state index contributed by atoms with van der Waals surface area (Å²) in [6, 6.07) is -0.522. The normalized spacial score (nSPS) is 12.4. The van der Waals surface area contributed by atoms with E-state index < -0.39 is 6.04 Å². The van der Waals surface area contributed by atoms with Gasteiger partial charge in [-0.25, -0.2) is 0 Å². The first-order valence-corrected chi connectivity index (χ1v) is 6.59. The van der Waals surface area contributed by atoms with E-state index in [2.05, 4.69) is 0 Å². The SMILES string of the molecule is COCCOCCOC(=O)[C@H](N)CCSC. The number of ether oxygens (including phenoxy) is 3. The minimum absolute atomic E-state index is 0.246. The largest absolute Gasteiger partial charge is 0.462 e. The predicted octanol–water partition coefficient (Wildman–Crippen LogP) is 0.273. The number of thioether (sulfide) groups is 1. The van der Waals surface area contributed by atoms with Crippen LogP contribution < -0.4 is 5.73 Å².